The van der Waals surface area contributed by atoms with Crippen LogP contribution in [0.4, 0.5) is 14.5 Å². The van der Waals surface area contributed by atoms with Crippen LogP contribution in [0.1, 0.15) is 0 Å². The fraction of sp³-hybridized carbons (Fsp3) is 0.208. The fourth-order valence-electron chi connectivity index (χ4n) is 3.61. The van der Waals surface area contributed by atoms with Crippen molar-refractivity contribution in [2.24, 2.45) is 5.92 Å². The van der Waals surface area contributed by atoms with Gasteiger partial charge in [-0.05, 0) is 36.4 Å². The monoisotopic (exact) mass is 530 g/mol. The van der Waals surface area contributed by atoms with Crippen molar-refractivity contribution in [3.8, 4) is 22.8 Å². The second-order valence-electron chi connectivity index (χ2n) is 8.25. The Balaban J connectivity index is 1.48. The van der Waals surface area contributed by atoms with Crippen molar-refractivity contribution in [2.75, 3.05) is 31.7 Å². The molecule has 0 radical (unpaired) electrons. The number of hydrogen-bond acceptors (Lipinski definition) is 8. The smallest absolute Gasteiger partial charge is 0.300 e. The molecule has 0 unspecified atom stereocenters. The van der Waals surface area contributed by atoms with Gasteiger partial charge in [0.1, 0.15) is 11.3 Å². The number of halogens is 2. The lowest BCUT2D eigenvalue weighted by molar-refractivity contribution is -0.0510. The number of anilines is 1. The number of nitrogens with zero attached hydrogens (tertiary/aromatic N) is 3. The number of aromatic nitrogens is 3. The molecule has 4 heterocycles. The lowest BCUT2D eigenvalue weighted by Gasteiger charge is -2.25. The molecule has 1 aliphatic rings. The second kappa shape index (κ2) is 9.75. The van der Waals surface area contributed by atoms with E-state index in [4.69, 9.17) is 14.2 Å². The largest absolute Gasteiger partial charge is 0.486 e. The van der Waals surface area contributed by atoms with E-state index in [9.17, 15) is 22.0 Å². The topological polar surface area (TPSA) is 121 Å². The molecular weight excluding hydrogens is 510 g/mol. The maximum Gasteiger partial charge on any atom is 0.300 e. The zero-order chi connectivity index (χ0) is 26.2. The standard InChI is InChI=1S/C24H20F2N4O6S/c1-34-23-20(29-37(32,33)17-3-4-18(25)19(26)7-17)6-16(8-28-23)15-2-5-22-27-9-21(24(31)30(22)10-15)36-13-14-11-35-12-14/h2-10,14,29H,11-13H2,1H3. The van der Waals surface area contributed by atoms with Gasteiger partial charge in [-0.1, -0.05) is 0 Å². The van der Waals surface area contributed by atoms with Crippen molar-refractivity contribution in [1.29, 1.82) is 0 Å². The van der Waals surface area contributed by atoms with E-state index in [0.717, 1.165) is 6.07 Å². The van der Waals surface area contributed by atoms with E-state index in [1.54, 1.807) is 12.1 Å². The molecule has 192 valence electrons. The Kier molecular flexibility index (Phi) is 6.48. The van der Waals surface area contributed by atoms with Gasteiger partial charge in [0.15, 0.2) is 11.6 Å². The minimum Gasteiger partial charge on any atom is -0.486 e. The summed E-state index contributed by atoms with van der Waals surface area (Å²) in [5.74, 6) is -2.21. The predicted molar refractivity (Wildman–Crippen MR) is 128 cm³/mol. The summed E-state index contributed by atoms with van der Waals surface area (Å²) in [5, 5.41) is 0. The first-order chi connectivity index (χ1) is 17.7. The summed E-state index contributed by atoms with van der Waals surface area (Å²) >= 11 is 0. The number of fused-ring (bicyclic) bond motifs is 1. The molecule has 0 spiro atoms. The van der Waals surface area contributed by atoms with E-state index < -0.39 is 32.1 Å². The molecule has 1 saturated heterocycles. The molecular formula is C24H20F2N4O6S. The van der Waals surface area contributed by atoms with Crippen molar-refractivity contribution in [1.82, 2.24) is 14.4 Å². The lowest BCUT2D eigenvalue weighted by atomic mass is 10.1. The maximum atomic E-state index is 13.6. The molecule has 0 amide bonds. The van der Waals surface area contributed by atoms with Gasteiger partial charge in [-0.15, -0.1) is 0 Å². The van der Waals surface area contributed by atoms with Gasteiger partial charge >= 0.3 is 0 Å². The van der Waals surface area contributed by atoms with Crippen LogP contribution in [0.15, 0.2) is 64.7 Å². The van der Waals surface area contributed by atoms with Gasteiger partial charge < -0.3 is 14.2 Å². The van der Waals surface area contributed by atoms with Crippen LogP contribution in [0.5, 0.6) is 11.6 Å². The van der Waals surface area contributed by atoms with E-state index in [0.29, 0.717) is 48.7 Å². The van der Waals surface area contributed by atoms with E-state index in [1.165, 1.54) is 36.2 Å². The number of ether oxygens (including phenoxy) is 3. The highest BCUT2D eigenvalue weighted by Crippen LogP contribution is 2.30. The van der Waals surface area contributed by atoms with Crippen LogP contribution >= 0.6 is 0 Å². The molecule has 13 heteroatoms. The Bertz CT molecular complexity index is 1660. The molecule has 1 aliphatic heterocycles. The van der Waals surface area contributed by atoms with Gasteiger partial charge in [-0.3, -0.25) is 13.9 Å². The van der Waals surface area contributed by atoms with E-state index >= 15 is 0 Å². The SMILES string of the molecule is COc1ncc(-c2ccc3ncc(OCC4COC4)c(=O)n3c2)cc1NS(=O)(=O)c1ccc(F)c(F)c1. The third kappa shape index (κ3) is 4.95. The summed E-state index contributed by atoms with van der Waals surface area (Å²) in [4.78, 5) is 20.9. The number of nitrogens with one attached hydrogen (secondary N) is 1. The van der Waals surface area contributed by atoms with Crippen LogP contribution in [0.3, 0.4) is 0 Å². The fourth-order valence-corrected chi connectivity index (χ4v) is 4.67. The molecule has 5 rings (SSSR count). The molecule has 0 aliphatic carbocycles. The summed E-state index contributed by atoms with van der Waals surface area (Å²) in [7, 11) is -3.01. The third-order valence-electron chi connectivity index (χ3n) is 5.68. The summed E-state index contributed by atoms with van der Waals surface area (Å²) in [5.41, 5.74) is 0.886. The first-order valence-electron chi connectivity index (χ1n) is 11.0. The summed E-state index contributed by atoms with van der Waals surface area (Å²) < 4.78 is 72.0. The highest BCUT2D eigenvalue weighted by molar-refractivity contribution is 7.92. The molecule has 0 saturated carbocycles. The summed E-state index contributed by atoms with van der Waals surface area (Å²) in [6, 6.07) is 6.97. The Morgan fingerprint density at radius 3 is 2.59 bits per heavy atom. The first kappa shape index (κ1) is 24.6. The van der Waals surface area contributed by atoms with Gasteiger partial charge in [0, 0.05) is 29.4 Å². The van der Waals surface area contributed by atoms with Crippen LogP contribution in [0, 0.1) is 17.6 Å². The van der Waals surface area contributed by atoms with Gasteiger partial charge in [0.05, 0.1) is 38.0 Å². The Labute approximate surface area is 209 Å². The van der Waals surface area contributed by atoms with Gasteiger partial charge in [-0.2, -0.15) is 0 Å². The van der Waals surface area contributed by atoms with Crippen molar-refractivity contribution in [2.45, 2.75) is 4.90 Å². The Hall–Kier alpha value is -4.10. The Morgan fingerprint density at radius 1 is 1.08 bits per heavy atom. The summed E-state index contributed by atoms with van der Waals surface area (Å²) in [6.45, 7) is 1.50. The molecule has 4 aromatic rings. The van der Waals surface area contributed by atoms with Crippen molar-refractivity contribution in [3.63, 3.8) is 0 Å². The second-order valence-corrected chi connectivity index (χ2v) is 9.93. The number of methoxy groups -OCH3 is 1. The molecule has 1 fully saturated rings. The van der Waals surface area contributed by atoms with Crippen molar-refractivity contribution in [3.05, 3.63) is 77.0 Å². The number of rotatable bonds is 8. The van der Waals surface area contributed by atoms with Crippen LogP contribution < -0.4 is 19.8 Å². The van der Waals surface area contributed by atoms with Crippen LogP contribution in [0.25, 0.3) is 16.8 Å². The van der Waals surface area contributed by atoms with Crippen LogP contribution in [-0.4, -0.2) is 49.7 Å². The highest BCUT2D eigenvalue weighted by Gasteiger charge is 2.21. The number of hydrogen-bond donors (Lipinski definition) is 1. The molecule has 0 atom stereocenters. The number of pyridine rings is 2. The molecule has 37 heavy (non-hydrogen) atoms. The summed E-state index contributed by atoms with van der Waals surface area (Å²) in [6.07, 6.45) is 4.34. The van der Waals surface area contributed by atoms with Crippen LogP contribution in [-0.2, 0) is 14.8 Å². The number of sulfonamides is 1. The minimum absolute atomic E-state index is 0.0462. The van der Waals surface area contributed by atoms with E-state index in [1.807, 2.05) is 0 Å². The van der Waals surface area contributed by atoms with E-state index in [2.05, 4.69) is 14.7 Å². The predicted octanol–water partition coefficient (Wildman–Crippen LogP) is 2.87. The number of benzene rings is 1. The third-order valence-corrected chi connectivity index (χ3v) is 7.04. The molecule has 3 aromatic heterocycles. The van der Waals surface area contributed by atoms with Crippen LogP contribution in [0.2, 0.25) is 0 Å². The highest BCUT2D eigenvalue weighted by atomic mass is 32.2. The molecule has 0 bridgehead atoms. The molecule has 1 N–H and O–H groups in total. The average molecular weight is 531 g/mol. The first-order valence-corrected chi connectivity index (χ1v) is 12.5. The maximum absolute atomic E-state index is 13.6. The average Bonchev–Trinajstić information content (AvgIpc) is 2.85. The normalized spacial score (nSPS) is 13.8. The Morgan fingerprint density at radius 2 is 1.89 bits per heavy atom. The van der Waals surface area contributed by atoms with Crippen molar-refractivity contribution >= 4 is 21.4 Å². The van der Waals surface area contributed by atoms with E-state index in [-0.39, 0.29) is 23.2 Å². The molecule has 10 nitrogen and oxygen atoms in total. The van der Waals surface area contributed by atoms with Gasteiger partial charge in [0.2, 0.25) is 11.6 Å². The van der Waals surface area contributed by atoms with Gasteiger partial charge in [-0.25, -0.2) is 27.2 Å². The minimum atomic E-state index is -4.31. The zero-order valence-corrected chi connectivity index (χ0v) is 20.2. The van der Waals surface area contributed by atoms with Crippen molar-refractivity contribution < 1.29 is 31.4 Å². The lowest BCUT2D eigenvalue weighted by Crippen LogP contribution is -2.33. The van der Waals surface area contributed by atoms with Gasteiger partial charge in [0.25, 0.3) is 15.6 Å². The quantitative estimate of drug-likeness (QED) is 0.369. The zero-order valence-electron chi connectivity index (χ0n) is 19.4. The molecule has 1 aromatic carbocycles.